The van der Waals surface area contributed by atoms with Crippen LogP contribution in [0.2, 0.25) is 0 Å². The molecule has 0 atom stereocenters. The quantitative estimate of drug-likeness (QED) is 0.921. The molecule has 0 aliphatic rings. The number of aromatic nitrogens is 2. The molecule has 4 nitrogen and oxygen atoms in total. The first-order chi connectivity index (χ1) is 8.65. The molecule has 2 aromatic heterocycles. The number of hydrogen-bond donors (Lipinski definition) is 1. The van der Waals surface area contributed by atoms with Crippen LogP contribution in [0.1, 0.15) is 29.6 Å². The van der Waals surface area contributed by atoms with Gasteiger partial charge in [-0.05, 0) is 25.5 Å². The molecule has 0 spiro atoms. The minimum absolute atomic E-state index is 0.102. The average molecular weight is 259 g/mol. The summed E-state index contributed by atoms with van der Waals surface area (Å²) in [6.07, 6.45) is 1.68. The van der Waals surface area contributed by atoms with Crippen molar-refractivity contribution >= 4 is 11.3 Å². The van der Waals surface area contributed by atoms with Crippen molar-refractivity contribution in [1.82, 2.24) is 9.97 Å². The second-order valence-electron chi connectivity index (χ2n) is 4.01. The van der Waals surface area contributed by atoms with Crippen molar-refractivity contribution < 1.29 is 0 Å². The van der Waals surface area contributed by atoms with Crippen LogP contribution in [0.25, 0.3) is 10.6 Å². The highest BCUT2D eigenvalue weighted by molar-refractivity contribution is 7.16. The third kappa shape index (κ3) is 2.34. The second kappa shape index (κ2) is 5.15. The maximum absolute atomic E-state index is 11.8. The molecule has 2 aromatic rings. The van der Waals surface area contributed by atoms with Crippen molar-refractivity contribution in [2.75, 3.05) is 0 Å². The van der Waals surface area contributed by atoms with E-state index in [1.54, 1.807) is 13.0 Å². The van der Waals surface area contributed by atoms with E-state index in [2.05, 4.69) is 16.0 Å². The van der Waals surface area contributed by atoms with E-state index in [4.69, 9.17) is 5.26 Å². The van der Waals surface area contributed by atoms with Gasteiger partial charge in [0.2, 0.25) is 0 Å². The molecule has 18 heavy (non-hydrogen) atoms. The maximum Gasteiger partial charge on any atom is 0.254 e. The second-order valence-corrected chi connectivity index (χ2v) is 5.10. The summed E-state index contributed by atoms with van der Waals surface area (Å²) in [6.45, 7) is 3.79. The van der Waals surface area contributed by atoms with Gasteiger partial charge in [0.15, 0.2) is 0 Å². The molecule has 0 amide bonds. The summed E-state index contributed by atoms with van der Waals surface area (Å²) in [5.41, 5.74) is 1.19. The molecule has 92 valence electrons. The van der Waals surface area contributed by atoms with E-state index in [0.717, 1.165) is 17.7 Å². The molecule has 2 heterocycles. The lowest BCUT2D eigenvalue weighted by molar-refractivity contribution is 0.823. The lowest BCUT2D eigenvalue weighted by Gasteiger charge is -2.05. The Balaban J connectivity index is 2.55. The summed E-state index contributed by atoms with van der Waals surface area (Å²) in [6, 6.07) is 5.69. The Morgan fingerprint density at radius 1 is 1.50 bits per heavy atom. The third-order valence-electron chi connectivity index (χ3n) is 2.64. The highest BCUT2D eigenvalue weighted by Crippen LogP contribution is 2.27. The number of nitrogens with one attached hydrogen (secondary N) is 1. The van der Waals surface area contributed by atoms with E-state index in [-0.39, 0.29) is 5.56 Å². The standard InChI is InChI=1S/C13H13N3OS/c1-3-4-11-15-12(8(2)13(17)16-11)10-6-5-9(7-14)18-10/h5-6H,3-4H2,1-2H3,(H,15,16,17). The molecule has 2 rings (SSSR count). The first-order valence-corrected chi connectivity index (χ1v) is 6.57. The lowest BCUT2D eigenvalue weighted by Crippen LogP contribution is -2.15. The Labute approximate surface area is 109 Å². The summed E-state index contributed by atoms with van der Waals surface area (Å²) in [7, 11) is 0. The Morgan fingerprint density at radius 3 is 2.89 bits per heavy atom. The van der Waals surface area contributed by atoms with Crippen LogP contribution in [0.5, 0.6) is 0 Å². The van der Waals surface area contributed by atoms with Crippen molar-refractivity contribution in [3.05, 3.63) is 38.8 Å². The van der Waals surface area contributed by atoms with Crippen molar-refractivity contribution in [2.24, 2.45) is 0 Å². The van der Waals surface area contributed by atoms with Crippen LogP contribution >= 0.6 is 11.3 Å². The fourth-order valence-corrected chi connectivity index (χ4v) is 2.55. The van der Waals surface area contributed by atoms with Crippen molar-refractivity contribution in [1.29, 1.82) is 5.26 Å². The van der Waals surface area contributed by atoms with Crippen LogP contribution in [0.3, 0.4) is 0 Å². The zero-order chi connectivity index (χ0) is 13.1. The van der Waals surface area contributed by atoms with Gasteiger partial charge in [-0.2, -0.15) is 5.26 Å². The summed E-state index contributed by atoms with van der Waals surface area (Å²) >= 11 is 1.36. The van der Waals surface area contributed by atoms with E-state index in [9.17, 15) is 4.79 Å². The average Bonchev–Trinajstić information content (AvgIpc) is 2.82. The predicted octanol–water partition coefficient (Wildman–Crippen LogP) is 2.63. The zero-order valence-corrected chi connectivity index (χ0v) is 11.1. The van der Waals surface area contributed by atoms with Crippen LogP contribution < -0.4 is 5.56 Å². The normalized spacial score (nSPS) is 10.3. The van der Waals surface area contributed by atoms with Gasteiger partial charge in [-0.1, -0.05) is 6.92 Å². The van der Waals surface area contributed by atoms with Gasteiger partial charge in [-0.25, -0.2) is 4.98 Å². The molecule has 0 aliphatic heterocycles. The van der Waals surface area contributed by atoms with Crippen LogP contribution in [0, 0.1) is 18.3 Å². The Hall–Kier alpha value is -1.93. The van der Waals surface area contributed by atoms with Gasteiger partial charge in [0.25, 0.3) is 5.56 Å². The SMILES string of the molecule is CCCc1nc(-c2ccc(C#N)s2)c(C)c(=O)[nH]1. The Kier molecular flexibility index (Phi) is 3.58. The van der Waals surface area contributed by atoms with Crippen LogP contribution in [-0.4, -0.2) is 9.97 Å². The summed E-state index contributed by atoms with van der Waals surface area (Å²) in [4.78, 5) is 20.6. The number of nitrogens with zero attached hydrogens (tertiary/aromatic N) is 2. The number of aryl methyl sites for hydroxylation is 1. The van der Waals surface area contributed by atoms with Crippen molar-refractivity contribution in [3.63, 3.8) is 0 Å². The molecule has 0 aromatic carbocycles. The topological polar surface area (TPSA) is 69.5 Å². The Bertz CT molecular complexity index is 664. The summed E-state index contributed by atoms with van der Waals surface area (Å²) < 4.78 is 0. The number of aromatic amines is 1. The molecule has 0 fully saturated rings. The van der Waals surface area contributed by atoms with Crippen LogP contribution in [-0.2, 0) is 6.42 Å². The number of thiophene rings is 1. The lowest BCUT2D eigenvalue weighted by atomic mass is 10.2. The third-order valence-corrected chi connectivity index (χ3v) is 3.63. The van der Waals surface area contributed by atoms with Gasteiger partial charge >= 0.3 is 0 Å². The van der Waals surface area contributed by atoms with Crippen LogP contribution in [0.4, 0.5) is 0 Å². The molecule has 0 saturated carbocycles. The van der Waals surface area contributed by atoms with Gasteiger partial charge in [-0.15, -0.1) is 11.3 Å². The predicted molar refractivity (Wildman–Crippen MR) is 71.6 cm³/mol. The van der Waals surface area contributed by atoms with Crippen molar-refractivity contribution in [2.45, 2.75) is 26.7 Å². The molecule has 0 unspecified atom stereocenters. The number of hydrogen-bond acceptors (Lipinski definition) is 4. The van der Waals surface area contributed by atoms with Gasteiger partial charge in [-0.3, -0.25) is 4.79 Å². The van der Waals surface area contributed by atoms with Gasteiger partial charge in [0.1, 0.15) is 16.8 Å². The monoisotopic (exact) mass is 259 g/mol. The molecule has 0 aliphatic carbocycles. The molecule has 5 heteroatoms. The molecular formula is C13H13N3OS. The fraction of sp³-hybridized carbons (Fsp3) is 0.308. The minimum atomic E-state index is -0.102. The van der Waals surface area contributed by atoms with E-state index < -0.39 is 0 Å². The zero-order valence-electron chi connectivity index (χ0n) is 10.3. The number of rotatable bonds is 3. The largest absolute Gasteiger partial charge is 0.310 e. The molecule has 0 radical (unpaired) electrons. The summed E-state index contributed by atoms with van der Waals surface area (Å²) in [5.74, 6) is 0.704. The highest BCUT2D eigenvalue weighted by atomic mass is 32.1. The van der Waals surface area contributed by atoms with Crippen molar-refractivity contribution in [3.8, 4) is 16.6 Å². The van der Waals surface area contributed by atoms with Crippen LogP contribution in [0.15, 0.2) is 16.9 Å². The van der Waals surface area contributed by atoms with Gasteiger partial charge in [0, 0.05) is 12.0 Å². The minimum Gasteiger partial charge on any atom is -0.310 e. The Morgan fingerprint density at radius 2 is 2.28 bits per heavy atom. The maximum atomic E-state index is 11.8. The van der Waals surface area contributed by atoms with E-state index in [1.165, 1.54) is 11.3 Å². The van der Waals surface area contributed by atoms with E-state index in [1.807, 2.05) is 13.0 Å². The van der Waals surface area contributed by atoms with E-state index in [0.29, 0.717) is 22.0 Å². The van der Waals surface area contributed by atoms with Gasteiger partial charge in [0.05, 0.1) is 10.6 Å². The fourth-order valence-electron chi connectivity index (χ4n) is 1.70. The number of nitriles is 1. The number of H-pyrrole nitrogens is 1. The molecule has 0 saturated heterocycles. The van der Waals surface area contributed by atoms with Gasteiger partial charge < -0.3 is 4.98 Å². The molecular weight excluding hydrogens is 246 g/mol. The first-order valence-electron chi connectivity index (χ1n) is 5.75. The first kappa shape index (κ1) is 12.5. The molecule has 1 N–H and O–H groups in total. The highest BCUT2D eigenvalue weighted by Gasteiger charge is 2.11. The smallest absolute Gasteiger partial charge is 0.254 e. The molecule has 0 bridgehead atoms. The summed E-state index contributed by atoms with van der Waals surface area (Å²) in [5, 5.41) is 8.83. The van der Waals surface area contributed by atoms with E-state index >= 15 is 0 Å².